The van der Waals surface area contributed by atoms with Crippen LogP contribution < -0.4 is 10.7 Å². The molecule has 0 fully saturated rings. The molecule has 0 aliphatic carbocycles. The van der Waals surface area contributed by atoms with E-state index < -0.39 is 10.0 Å². The zero-order valence-corrected chi connectivity index (χ0v) is 17.5. The van der Waals surface area contributed by atoms with Crippen molar-refractivity contribution >= 4 is 38.5 Å². The van der Waals surface area contributed by atoms with Crippen LogP contribution in [0.25, 0.3) is 10.9 Å². The standard InChI is InChI=1S/C20H21N3O4S2/c1-2-15(24)13-28-20-22-18-6-4-3-5-17(18)19(25)23(20)12-11-14-7-9-16(10-8-14)29(21,26)27/h3-10H,2,11-13H2,1H3,(H2,21,26,27). The summed E-state index contributed by atoms with van der Waals surface area (Å²) in [5.74, 6) is 0.340. The van der Waals surface area contributed by atoms with Crippen molar-refractivity contribution in [2.45, 2.75) is 36.4 Å². The Balaban J connectivity index is 1.91. The summed E-state index contributed by atoms with van der Waals surface area (Å²) in [5.41, 5.74) is 1.29. The Kier molecular flexibility index (Phi) is 6.51. The van der Waals surface area contributed by atoms with E-state index in [-0.39, 0.29) is 22.0 Å². The summed E-state index contributed by atoms with van der Waals surface area (Å²) in [5, 5.41) is 6.14. The molecule has 1 aromatic heterocycles. The highest BCUT2D eigenvalue weighted by molar-refractivity contribution is 7.99. The van der Waals surface area contributed by atoms with Crippen molar-refractivity contribution in [3.8, 4) is 0 Å². The molecule has 2 N–H and O–H groups in total. The summed E-state index contributed by atoms with van der Waals surface area (Å²) in [6.45, 7) is 2.16. The maximum Gasteiger partial charge on any atom is 0.262 e. The molecule has 1 heterocycles. The maximum atomic E-state index is 13.0. The van der Waals surface area contributed by atoms with Crippen LogP contribution in [0.3, 0.4) is 0 Å². The second-order valence-electron chi connectivity index (χ2n) is 6.49. The van der Waals surface area contributed by atoms with Crippen LogP contribution >= 0.6 is 11.8 Å². The van der Waals surface area contributed by atoms with Crippen molar-refractivity contribution in [1.29, 1.82) is 0 Å². The van der Waals surface area contributed by atoms with Gasteiger partial charge in [-0.05, 0) is 36.2 Å². The van der Waals surface area contributed by atoms with Crippen molar-refractivity contribution < 1.29 is 13.2 Å². The Morgan fingerprint density at radius 3 is 2.48 bits per heavy atom. The van der Waals surface area contributed by atoms with Crippen LogP contribution in [0.1, 0.15) is 18.9 Å². The highest BCUT2D eigenvalue weighted by Gasteiger charge is 2.13. The molecule has 2 aromatic carbocycles. The minimum Gasteiger partial charge on any atom is -0.299 e. The smallest absolute Gasteiger partial charge is 0.262 e. The molecular weight excluding hydrogens is 410 g/mol. The lowest BCUT2D eigenvalue weighted by Gasteiger charge is -2.13. The topological polar surface area (TPSA) is 112 Å². The summed E-state index contributed by atoms with van der Waals surface area (Å²) >= 11 is 1.26. The molecule has 7 nitrogen and oxygen atoms in total. The predicted octanol–water partition coefficient (Wildman–Crippen LogP) is 2.36. The number of nitrogens with zero attached hydrogens (tertiary/aromatic N) is 2. The third-order valence-corrected chi connectivity index (χ3v) is 6.42. The number of Topliss-reactive ketones (excluding diaryl/α,β-unsaturated/α-hetero) is 1. The second-order valence-corrected chi connectivity index (χ2v) is 8.99. The summed E-state index contributed by atoms with van der Waals surface area (Å²) in [6, 6.07) is 13.3. The van der Waals surface area contributed by atoms with Crippen LogP contribution in [0, 0.1) is 0 Å². The van der Waals surface area contributed by atoms with Gasteiger partial charge in [0.1, 0.15) is 5.78 Å². The molecule has 0 aliphatic rings. The summed E-state index contributed by atoms with van der Waals surface area (Å²) in [7, 11) is -3.74. The lowest BCUT2D eigenvalue weighted by Crippen LogP contribution is -2.24. The summed E-state index contributed by atoms with van der Waals surface area (Å²) < 4.78 is 24.3. The van der Waals surface area contributed by atoms with Gasteiger partial charge in [0.05, 0.1) is 21.6 Å². The zero-order chi connectivity index (χ0) is 21.0. The minimum atomic E-state index is -3.74. The third-order valence-electron chi connectivity index (χ3n) is 4.46. The number of carbonyl (C=O) groups excluding carboxylic acids is 1. The molecule has 0 spiro atoms. The normalized spacial score (nSPS) is 11.7. The molecule has 0 bridgehead atoms. The van der Waals surface area contributed by atoms with E-state index in [1.165, 1.54) is 23.9 Å². The van der Waals surface area contributed by atoms with E-state index in [4.69, 9.17) is 5.14 Å². The number of sulfonamides is 1. The maximum absolute atomic E-state index is 13.0. The van der Waals surface area contributed by atoms with Crippen LogP contribution in [-0.4, -0.2) is 29.5 Å². The van der Waals surface area contributed by atoms with Gasteiger partial charge in [-0.3, -0.25) is 14.2 Å². The predicted molar refractivity (Wildman–Crippen MR) is 114 cm³/mol. The van der Waals surface area contributed by atoms with Crippen LogP contribution in [-0.2, 0) is 27.8 Å². The molecule has 0 atom stereocenters. The van der Waals surface area contributed by atoms with Gasteiger partial charge < -0.3 is 0 Å². The molecule has 29 heavy (non-hydrogen) atoms. The average molecular weight is 432 g/mol. The van der Waals surface area contributed by atoms with Crippen LogP contribution in [0.15, 0.2) is 63.4 Å². The first-order valence-electron chi connectivity index (χ1n) is 9.05. The molecule has 0 radical (unpaired) electrons. The first kappa shape index (κ1) is 21.2. The number of ketones is 1. The monoisotopic (exact) mass is 431 g/mol. The highest BCUT2D eigenvalue weighted by Crippen LogP contribution is 2.19. The molecule has 3 aromatic rings. The number of thioether (sulfide) groups is 1. The van der Waals surface area contributed by atoms with Gasteiger partial charge in [0.25, 0.3) is 5.56 Å². The number of benzene rings is 2. The molecule has 0 amide bonds. The largest absolute Gasteiger partial charge is 0.299 e. The third kappa shape index (κ3) is 5.11. The summed E-state index contributed by atoms with van der Waals surface area (Å²) in [6.07, 6.45) is 0.932. The van der Waals surface area contributed by atoms with Crippen molar-refractivity contribution in [3.05, 3.63) is 64.4 Å². The highest BCUT2D eigenvalue weighted by atomic mass is 32.2. The Hall–Kier alpha value is -2.49. The minimum absolute atomic E-state index is 0.0418. The van der Waals surface area contributed by atoms with E-state index in [1.54, 1.807) is 41.8 Å². The number of fused-ring (bicyclic) bond motifs is 1. The van der Waals surface area contributed by atoms with Gasteiger partial charge in [0, 0.05) is 13.0 Å². The fourth-order valence-electron chi connectivity index (χ4n) is 2.79. The summed E-state index contributed by atoms with van der Waals surface area (Å²) in [4.78, 5) is 29.4. The number of hydrogen-bond donors (Lipinski definition) is 1. The van der Waals surface area contributed by atoms with Gasteiger partial charge in [0.2, 0.25) is 10.0 Å². The SMILES string of the molecule is CCC(=O)CSc1nc2ccccc2c(=O)n1CCc1ccc(S(N)(=O)=O)cc1. The Morgan fingerprint density at radius 1 is 1.14 bits per heavy atom. The van der Waals surface area contributed by atoms with Gasteiger partial charge in [-0.1, -0.05) is 43.0 Å². The van der Waals surface area contributed by atoms with Crippen molar-refractivity contribution in [1.82, 2.24) is 9.55 Å². The molecule has 0 saturated carbocycles. The average Bonchev–Trinajstić information content (AvgIpc) is 2.71. The zero-order valence-electron chi connectivity index (χ0n) is 15.9. The number of aryl methyl sites for hydroxylation is 1. The van der Waals surface area contributed by atoms with Crippen molar-refractivity contribution in [3.63, 3.8) is 0 Å². The first-order chi connectivity index (χ1) is 13.8. The van der Waals surface area contributed by atoms with Crippen LogP contribution in [0.2, 0.25) is 0 Å². The van der Waals surface area contributed by atoms with E-state index in [9.17, 15) is 18.0 Å². The van der Waals surface area contributed by atoms with E-state index in [0.717, 1.165) is 5.56 Å². The van der Waals surface area contributed by atoms with E-state index in [2.05, 4.69) is 4.98 Å². The lowest BCUT2D eigenvalue weighted by atomic mass is 10.1. The Labute approximate surface area is 173 Å². The van der Waals surface area contributed by atoms with Gasteiger partial charge in [-0.2, -0.15) is 0 Å². The van der Waals surface area contributed by atoms with Crippen molar-refractivity contribution in [2.24, 2.45) is 5.14 Å². The lowest BCUT2D eigenvalue weighted by molar-refractivity contribution is -0.116. The van der Waals surface area contributed by atoms with Crippen LogP contribution in [0.5, 0.6) is 0 Å². The Morgan fingerprint density at radius 2 is 1.83 bits per heavy atom. The quantitative estimate of drug-likeness (QED) is 0.433. The number of para-hydroxylation sites is 1. The number of primary sulfonamides is 1. The second kappa shape index (κ2) is 8.89. The number of nitrogens with two attached hydrogens (primary N) is 1. The first-order valence-corrected chi connectivity index (χ1v) is 11.6. The molecule has 0 unspecified atom stereocenters. The number of aromatic nitrogens is 2. The van der Waals surface area contributed by atoms with E-state index in [1.807, 2.05) is 6.07 Å². The number of carbonyl (C=O) groups is 1. The molecule has 0 saturated heterocycles. The molecular formula is C20H21N3O4S2. The van der Waals surface area contributed by atoms with Gasteiger partial charge in [0.15, 0.2) is 5.16 Å². The van der Waals surface area contributed by atoms with Crippen molar-refractivity contribution in [2.75, 3.05) is 5.75 Å². The van der Waals surface area contributed by atoms with E-state index in [0.29, 0.717) is 35.4 Å². The number of hydrogen-bond acceptors (Lipinski definition) is 6. The molecule has 152 valence electrons. The van der Waals surface area contributed by atoms with Gasteiger partial charge >= 0.3 is 0 Å². The van der Waals surface area contributed by atoms with E-state index >= 15 is 0 Å². The number of rotatable bonds is 8. The molecule has 9 heteroatoms. The fourth-order valence-corrected chi connectivity index (χ4v) is 4.29. The fraction of sp³-hybridized carbons (Fsp3) is 0.250. The van der Waals surface area contributed by atoms with Crippen LogP contribution in [0.4, 0.5) is 0 Å². The molecule has 0 aliphatic heterocycles. The Bertz CT molecular complexity index is 1200. The van der Waals surface area contributed by atoms with Gasteiger partial charge in [-0.15, -0.1) is 0 Å². The van der Waals surface area contributed by atoms with Gasteiger partial charge in [-0.25, -0.2) is 18.5 Å². The molecule has 3 rings (SSSR count).